The molecule has 2 atom stereocenters. The first-order valence-corrected chi connectivity index (χ1v) is 13.6. The van der Waals surface area contributed by atoms with E-state index in [4.69, 9.17) is 9.72 Å². The van der Waals surface area contributed by atoms with Crippen LogP contribution in [0.4, 0.5) is 0 Å². The number of hydrogen-bond donors (Lipinski definition) is 1. The Morgan fingerprint density at radius 3 is 2.71 bits per heavy atom. The van der Waals surface area contributed by atoms with E-state index in [1.165, 1.54) is 23.8 Å². The van der Waals surface area contributed by atoms with Gasteiger partial charge in [-0.15, -0.1) is 0 Å². The van der Waals surface area contributed by atoms with E-state index in [-0.39, 0.29) is 24.3 Å². The number of nitrogens with one attached hydrogen (secondary N) is 1. The number of carbonyl (C=O) groups excluding carboxylic acids is 3. The number of hydrogen-bond acceptors (Lipinski definition) is 6. The smallest absolute Gasteiger partial charge is 0.255 e. The predicted molar refractivity (Wildman–Crippen MR) is 140 cm³/mol. The number of aromatic nitrogens is 2. The van der Waals surface area contributed by atoms with Gasteiger partial charge in [0.15, 0.2) is 0 Å². The highest BCUT2D eigenvalue weighted by Gasteiger charge is 2.39. The van der Waals surface area contributed by atoms with E-state index in [1.807, 2.05) is 18.2 Å². The first-order chi connectivity index (χ1) is 18.5. The Balaban J connectivity index is 1.25. The number of amides is 3. The molecule has 2 aromatic heterocycles. The van der Waals surface area contributed by atoms with Crippen LogP contribution in [0.5, 0.6) is 0 Å². The zero-order chi connectivity index (χ0) is 25.8. The van der Waals surface area contributed by atoms with Crippen molar-refractivity contribution in [2.75, 3.05) is 26.3 Å². The largest absolute Gasteiger partial charge is 0.379 e. The van der Waals surface area contributed by atoms with Gasteiger partial charge in [-0.1, -0.05) is 6.07 Å². The summed E-state index contributed by atoms with van der Waals surface area (Å²) in [6.07, 6.45) is 6.21. The highest BCUT2D eigenvalue weighted by molar-refractivity contribution is 6.05. The van der Waals surface area contributed by atoms with Crippen LogP contribution in [0.2, 0.25) is 0 Å². The maximum atomic E-state index is 13.2. The average molecular weight is 514 g/mol. The van der Waals surface area contributed by atoms with Gasteiger partial charge in [-0.05, 0) is 74.2 Å². The minimum absolute atomic E-state index is 0.158. The lowest BCUT2D eigenvalue weighted by Crippen LogP contribution is -2.52. The highest BCUT2D eigenvalue weighted by atomic mass is 16.5. The van der Waals surface area contributed by atoms with Gasteiger partial charge >= 0.3 is 0 Å². The number of nitrogens with zero attached hydrogens (tertiary/aromatic N) is 4. The van der Waals surface area contributed by atoms with Gasteiger partial charge in [0.2, 0.25) is 11.8 Å². The first kappa shape index (κ1) is 23.5. The summed E-state index contributed by atoms with van der Waals surface area (Å²) in [5, 5.41) is 3.56. The number of ether oxygens (including phenoxy) is 1. The second-order valence-corrected chi connectivity index (χ2v) is 10.9. The van der Waals surface area contributed by atoms with Crippen molar-refractivity contribution in [1.29, 1.82) is 0 Å². The summed E-state index contributed by atoms with van der Waals surface area (Å²) in [6.45, 7) is 4.96. The number of benzene rings is 1. The molecule has 9 nitrogen and oxygen atoms in total. The molecule has 0 radical (unpaired) electrons. The van der Waals surface area contributed by atoms with Crippen molar-refractivity contribution in [2.45, 2.75) is 57.3 Å². The van der Waals surface area contributed by atoms with Crippen LogP contribution in [0.15, 0.2) is 36.5 Å². The molecular formula is C29H31N5O4. The van der Waals surface area contributed by atoms with Crippen molar-refractivity contribution in [3.05, 3.63) is 53.2 Å². The first-order valence-electron chi connectivity index (χ1n) is 13.6. The number of likely N-dealkylation sites (tertiary alicyclic amines) is 1. The molecule has 9 heteroatoms. The maximum Gasteiger partial charge on any atom is 0.255 e. The third-order valence-electron chi connectivity index (χ3n) is 8.48. The Morgan fingerprint density at radius 1 is 1.05 bits per heavy atom. The van der Waals surface area contributed by atoms with Crippen LogP contribution in [-0.4, -0.2) is 69.4 Å². The summed E-state index contributed by atoms with van der Waals surface area (Å²) in [4.78, 5) is 46.5. The molecule has 3 saturated heterocycles. The lowest BCUT2D eigenvalue weighted by molar-refractivity contribution is -0.136. The molecule has 7 rings (SSSR count). The molecule has 3 aromatic rings. The second kappa shape index (κ2) is 9.32. The Labute approximate surface area is 220 Å². The van der Waals surface area contributed by atoms with Crippen molar-refractivity contribution < 1.29 is 19.1 Å². The molecular weight excluding hydrogens is 482 g/mol. The van der Waals surface area contributed by atoms with Crippen LogP contribution < -0.4 is 5.32 Å². The fourth-order valence-electron chi connectivity index (χ4n) is 6.43. The van der Waals surface area contributed by atoms with E-state index < -0.39 is 11.9 Å². The number of fused-ring (bicyclic) bond motifs is 2. The van der Waals surface area contributed by atoms with Crippen molar-refractivity contribution in [3.8, 4) is 11.3 Å². The van der Waals surface area contributed by atoms with Crippen molar-refractivity contribution in [2.24, 2.45) is 0 Å². The minimum atomic E-state index is -0.616. The van der Waals surface area contributed by atoms with Crippen LogP contribution in [0.3, 0.4) is 0 Å². The molecule has 1 N–H and O–H groups in total. The van der Waals surface area contributed by atoms with Crippen LogP contribution in [0.1, 0.15) is 59.6 Å². The average Bonchev–Trinajstić information content (AvgIpc) is 3.72. The summed E-state index contributed by atoms with van der Waals surface area (Å²) in [6, 6.07) is 9.92. The molecule has 1 aromatic carbocycles. The van der Waals surface area contributed by atoms with Crippen LogP contribution in [-0.2, 0) is 27.4 Å². The normalized spacial score (nSPS) is 24.0. The Morgan fingerprint density at radius 2 is 1.92 bits per heavy atom. The molecule has 196 valence electrons. The van der Waals surface area contributed by atoms with Gasteiger partial charge in [-0.2, -0.15) is 0 Å². The second-order valence-electron chi connectivity index (χ2n) is 10.9. The molecule has 4 aliphatic rings. The van der Waals surface area contributed by atoms with E-state index in [0.29, 0.717) is 25.1 Å². The zero-order valence-electron chi connectivity index (χ0n) is 21.3. The number of carbonyl (C=O) groups is 3. The van der Waals surface area contributed by atoms with E-state index in [0.717, 1.165) is 55.1 Å². The fourth-order valence-corrected chi connectivity index (χ4v) is 6.43. The van der Waals surface area contributed by atoms with Gasteiger partial charge in [0.05, 0.1) is 18.3 Å². The highest BCUT2D eigenvalue weighted by Crippen LogP contribution is 2.34. The summed E-state index contributed by atoms with van der Waals surface area (Å²) < 4.78 is 7.94. The predicted octanol–water partition coefficient (Wildman–Crippen LogP) is 3.02. The number of imide groups is 1. The number of pyridine rings is 1. The molecule has 0 aliphatic carbocycles. The van der Waals surface area contributed by atoms with Gasteiger partial charge < -0.3 is 14.2 Å². The number of piperidine rings is 1. The molecule has 38 heavy (non-hydrogen) atoms. The summed E-state index contributed by atoms with van der Waals surface area (Å²) in [5.74, 6) is -0.829. The molecule has 3 amide bonds. The molecule has 6 heterocycles. The Hall–Kier alpha value is -3.56. The van der Waals surface area contributed by atoms with Gasteiger partial charge in [-0.3, -0.25) is 24.6 Å². The molecule has 4 aliphatic heterocycles. The zero-order valence-corrected chi connectivity index (χ0v) is 21.3. The van der Waals surface area contributed by atoms with Crippen LogP contribution >= 0.6 is 0 Å². The third kappa shape index (κ3) is 4.01. The molecule has 0 spiro atoms. The lowest BCUT2D eigenvalue weighted by Gasteiger charge is -2.29. The van der Waals surface area contributed by atoms with E-state index >= 15 is 0 Å². The van der Waals surface area contributed by atoms with Gasteiger partial charge in [0.25, 0.3) is 5.91 Å². The third-order valence-corrected chi connectivity index (χ3v) is 8.48. The summed E-state index contributed by atoms with van der Waals surface area (Å²) >= 11 is 0. The van der Waals surface area contributed by atoms with Gasteiger partial charge in [0, 0.05) is 48.8 Å². The van der Waals surface area contributed by atoms with E-state index in [9.17, 15) is 14.4 Å². The molecule has 0 saturated carbocycles. The molecule has 0 bridgehead atoms. The van der Waals surface area contributed by atoms with Crippen LogP contribution in [0.25, 0.3) is 22.3 Å². The summed E-state index contributed by atoms with van der Waals surface area (Å²) in [7, 11) is 0. The van der Waals surface area contributed by atoms with Crippen LogP contribution in [0, 0.1) is 0 Å². The maximum absolute atomic E-state index is 13.2. The Bertz CT molecular complexity index is 1450. The van der Waals surface area contributed by atoms with Gasteiger partial charge in [-0.25, -0.2) is 4.98 Å². The number of rotatable bonds is 5. The summed E-state index contributed by atoms with van der Waals surface area (Å²) in [5.41, 5.74) is 5.60. The van der Waals surface area contributed by atoms with Crippen molar-refractivity contribution in [1.82, 2.24) is 24.7 Å². The van der Waals surface area contributed by atoms with E-state index in [2.05, 4.69) is 33.1 Å². The topological polar surface area (TPSA) is 96.8 Å². The van der Waals surface area contributed by atoms with E-state index in [1.54, 1.807) is 4.90 Å². The quantitative estimate of drug-likeness (QED) is 0.527. The fraction of sp³-hybridized carbons (Fsp3) is 0.448. The van der Waals surface area contributed by atoms with Gasteiger partial charge in [0.1, 0.15) is 11.7 Å². The molecule has 2 unspecified atom stereocenters. The lowest BCUT2D eigenvalue weighted by atomic mass is 10.0. The SMILES string of the molecule is O=C1CCC(N2Cc3cc(-c4cc(CN5CCCC5)c5ccn(C6CCOC6)c5n4)ccc3C2=O)C(=O)N1. The van der Waals surface area contributed by atoms with Crippen molar-refractivity contribution >= 4 is 28.8 Å². The molecule has 3 fully saturated rings. The Kier molecular flexibility index (Phi) is 5.78. The minimum Gasteiger partial charge on any atom is -0.379 e. The standard InChI is InChI=1S/C29H31N5O4/c35-26-6-5-25(28(36)31-26)34-16-19-13-18(3-4-23(19)29(34)37)24-14-20(15-32-9-1-2-10-32)22-7-11-33(27(22)30-24)21-8-12-38-17-21/h3-4,7,11,13-14,21,25H,1-2,5-6,8-10,12,15-17H2,(H,31,35,36). The monoisotopic (exact) mass is 513 g/mol. The van der Waals surface area contributed by atoms with Crippen molar-refractivity contribution in [3.63, 3.8) is 0 Å².